The molecule has 5 heteroatoms. The number of ether oxygens (including phenoxy) is 1. The van der Waals surface area contributed by atoms with Crippen LogP contribution in [0.15, 0.2) is 24.3 Å². The van der Waals surface area contributed by atoms with Crippen molar-refractivity contribution in [3.63, 3.8) is 0 Å². The van der Waals surface area contributed by atoms with Gasteiger partial charge in [-0.2, -0.15) is 0 Å². The zero-order valence-corrected chi connectivity index (χ0v) is 12.6. The van der Waals surface area contributed by atoms with Crippen LogP contribution in [0.4, 0.5) is 4.79 Å². The summed E-state index contributed by atoms with van der Waals surface area (Å²) in [5, 5.41) is 2.81. The van der Waals surface area contributed by atoms with Crippen LogP contribution >= 0.6 is 0 Å². The molecule has 114 valence electrons. The Kier molecular flexibility index (Phi) is 5.20. The third-order valence-electron chi connectivity index (χ3n) is 3.57. The topological polar surface area (TPSA) is 58.6 Å². The molecular weight excluding hydrogens is 268 g/mol. The van der Waals surface area contributed by atoms with Crippen LogP contribution in [0.1, 0.15) is 35.7 Å². The summed E-state index contributed by atoms with van der Waals surface area (Å²) in [6, 6.07) is 7.55. The van der Waals surface area contributed by atoms with Gasteiger partial charge < -0.3 is 15.0 Å². The van der Waals surface area contributed by atoms with Gasteiger partial charge in [0.05, 0.1) is 6.61 Å². The van der Waals surface area contributed by atoms with E-state index in [0.717, 1.165) is 24.9 Å². The number of benzene rings is 1. The van der Waals surface area contributed by atoms with Crippen LogP contribution in [0, 0.1) is 6.92 Å². The quantitative estimate of drug-likeness (QED) is 0.929. The van der Waals surface area contributed by atoms with Crippen molar-refractivity contribution in [2.24, 2.45) is 0 Å². The fourth-order valence-corrected chi connectivity index (χ4v) is 2.58. The average Bonchev–Trinajstić information content (AvgIpc) is 2.47. The van der Waals surface area contributed by atoms with Gasteiger partial charge in [0.25, 0.3) is 5.91 Å². The first-order valence-electron chi connectivity index (χ1n) is 7.39. The number of hydrogen-bond donors (Lipinski definition) is 1. The molecule has 0 spiro atoms. The minimum atomic E-state index is -0.410. The van der Waals surface area contributed by atoms with E-state index in [1.165, 1.54) is 0 Å². The largest absolute Gasteiger partial charge is 0.450 e. The predicted molar refractivity (Wildman–Crippen MR) is 80.3 cm³/mol. The zero-order valence-electron chi connectivity index (χ0n) is 12.6. The van der Waals surface area contributed by atoms with Crippen LogP contribution in [0.5, 0.6) is 0 Å². The number of hydrogen-bond acceptors (Lipinski definition) is 3. The SMILES string of the molecule is CCOC(=O)N[C@H]1CCCN(C(=O)c2cccc(C)c2)C1. The highest BCUT2D eigenvalue weighted by Gasteiger charge is 2.25. The Morgan fingerprint density at radius 2 is 2.24 bits per heavy atom. The van der Waals surface area contributed by atoms with Crippen LogP contribution in [-0.4, -0.2) is 42.6 Å². The maximum absolute atomic E-state index is 12.5. The Morgan fingerprint density at radius 1 is 1.43 bits per heavy atom. The van der Waals surface area contributed by atoms with E-state index in [1.807, 2.05) is 31.2 Å². The Labute approximate surface area is 125 Å². The molecule has 1 saturated heterocycles. The summed E-state index contributed by atoms with van der Waals surface area (Å²) in [7, 11) is 0. The van der Waals surface area contributed by atoms with Crippen molar-refractivity contribution < 1.29 is 14.3 Å². The first-order chi connectivity index (χ1) is 10.1. The lowest BCUT2D eigenvalue weighted by Crippen LogP contribution is -2.49. The maximum Gasteiger partial charge on any atom is 0.407 e. The van der Waals surface area contributed by atoms with E-state index in [1.54, 1.807) is 11.8 Å². The Hall–Kier alpha value is -2.04. The maximum atomic E-state index is 12.5. The smallest absolute Gasteiger partial charge is 0.407 e. The fraction of sp³-hybridized carbons (Fsp3) is 0.500. The van der Waals surface area contributed by atoms with Crippen molar-refractivity contribution in [3.8, 4) is 0 Å². The van der Waals surface area contributed by atoms with Gasteiger partial charge >= 0.3 is 6.09 Å². The molecule has 21 heavy (non-hydrogen) atoms. The molecular formula is C16H22N2O3. The highest BCUT2D eigenvalue weighted by molar-refractivity contribution is 5.94. The molecule has 2 rings (SSSR count). The number of nitrogens with zero attached hydrogens (tertiary/aromatic N) is 1. The van der Waals surface area contributed by atoms with Crippen LogP contribution in [-0.2, 0) is 4.74 Å². The molecule has 0 unspecified atom stereocenters. The van der Waals surface area contributed by atoms with Crippen LogP contribution in [0.3, 0.4) is 0 Å². The monoisotopic (exact) mass is 290 g/mol. The number of nitrogens with one attached hydrogen (secondary N) is 1. The summed E-state index contributed by atoms with van der Waals surface area (Å²) < 4.78 is 4.89. The molecule has 1 fully saturated rings. The van der Waals surface area contributed by atoms with E-state index in [4.69, 9.17) is 4.74 Å². The fourth-order valence-electron chi connectivity index (χ4n) is 2.58. The summed E-state index contributed by atoms with van der Waals surface area (Å²) in [5.74, 6) is 0.0223. The van der Waals surface area contributed by atoms with Crippen molar-refractivity contribution in [1.29, 1.82) is 0 Å². The van der Waals surface area contributed by atoms with Gasteiger partial charge in [-0.1, -0.05) is 17.7 Å². The minimum Gasteiger partial charge on any atom is -0.450 e. The third-order valence-corrected chi connectivity index (χ3v) is 3.57. The van der Waals surface area contributed by atoms with Gasteiger partial charge in [-0.05, 0) is 38.8 Å². The number of likely N-dealkylation sites (tertiary alicyclic amines) is 1. The number of carbonyl (C=O) groups excluding carboxylic acids is 2. The van der Waals surface area contributed by atoms with Gasteiger partial charge in [0, 0.05) is 24.7 Å². The molecule has 1 heterocycles. The Balaban J connectivity index is 1.97. The normalized spacial score (nSPS) is 18.2. The lowest BCUT2D eigenvalue weighted by atomic mass is 10.0. The molecule has 0 aliphatic carbocycles. The lowest BCUT2D eigenvalue weighted by molar-refractivity contribution is 0.0686. The van der Waals surface area contributed by atoms with E-state index in [2.05, 4.69) is 5.32 Å². The van der Waals surface area contributed by atoms with Crippen molar-refractivity contribution in [1.82, 2.24) is 10.2 Å². The lowest BCUT2D eigenvalue weighted by Gasteiger charge is -2.33. The Bertz CT molecular complexity index is 516. The average molecular weight is 290 g/mol. The molecule has 0 radical (unpaired) electrons. The second kappa shape index (κ2) is 7.11. The summed E-state index contributed by atoms with van der Waals surface area (Å²) in [4.78, 5) is 25.8. The molecule has 2 amide bonds. The molecule has 0 aromatic heterocycles. The van der Waals surface area contributed by atoms with Crippen molar-refractivity contribution >= 4 is 12.0 Å². The van der Waals surface area contributed by atoms with Crippen molar-refractivity contribution in [2.45, 2.75) is 32.7 Å². The van der Waals surface area contributed by atoms with Crippen molar-refractivity contribution in [3.05, 3.63) is 35.4 Å². The molecule has 1 aromatic carbocycles. The predicted octanol–water partition coefficient (Wildman–Crippen LogP) is 2.35. The van der Waals surface area contributed by atoms with Crippen LogP contribution < -0.4 is 5.32 Å². The van der Waals surface area contributed by atoms with Gasteiger partial charge in [-0.15, -0.1) is 0 Å². The van der Waals surface area contributed by atoms with E-state index in [9.17, 15) is 9.59 Å². The Morgan fingerprint density at radius 3 is 2.95 bits per heavy atom. The number of piperidine rings is 1. The minimum absolute atomic E-state index is 0.0223. The molecule has 1 aromatic rings. The van der Waals surface area contributed by atoms with Gasteiger partial charge in [-0.3, -0.25) is 4.79 Å². The number of rotatable bonds is 3. The highest BCUT2D eigenvalue weighted by Crippen LogP contribution is 2.15. The number of alkyl carbamates (subject to hydrolysis) is 1. The molecule has 1 atom stereocenters. The molecule has 5 nitrogen and oxygen atoms in total. The standard InChI is InChI=1S/C16H22N2O3/c1-3-21-16(20)17-14-8-5-9-18(11-14)15(19)13-7-4-6-12(2)10-13/h4,6-7,10,14H,3,5,8-9,11H2,1-2H3,(H,17,20)/t14-/m0/s1. The summed E-state index contributed by atoms with van der Waals surface area (Å²) in [6.45, 7) is 5.36. The molecule has 1 aliphatic rings. The summed E-state index contributed by atoms with van der Waals surface area (Å²) in [6.07, 6.45) is 1.35. The van der Waals surface area contributed by atoms with E-state index in [0.29, 0.717) is 18.7 Å². The van der Waals surface area contributed by atoms with E-state index >= 15 is 0 Å². The van der Waals surface area contributed by atoms with Gasteiger partial charge in [0.1, 0.15) is 0 Å². The molecule has 1 N–H and O–H groups in total. The number of carbonyl (C=O) groups is 2. The van der Waals surface area contributed by atoms with E-state index < -0.39 is 6.09 Å². The first-order valence-corrected chi connectivity index (χ1v) is 7.39. The number of amides is 2. The van der Waals surface area contributed by atoms with Gasteiger partial charge in [0.15, 0.2) is 0 Å². The summed E-state index contributed by atoms with van der Waals surface area (Å²) >= 11 is 0. The molecule has 0 saturated carbocycles. The molecule has 1 aliphatic heterocycles. The van der Waals surface area contributed by atoms with Crippen molar-refractivity contribution in [2.75, 3.05) is 19.7 Å². The van der Waals surface area contributed by atoms with Gasteiger partial charge in [0.2, 0.25) is 0 Å². The first kappa shape index (κ1) is 15.4. The summed E-state index contributed by atoms with van der Waals surface area (Å²) in [5.41, 5.74) is 1.77. The van der Waals surface area contributed by atoms with Gasteiger partial charge in [-0.25, -0.2) is 4.79 Å². The second-order valence-electron chi connectivity index (χ2n) is 5.32. The van der Waals surface area contributed by atoms with Crippen LogP contribution in [0.25, 0.3) is 0 Å². The van der Waals surface area contributed by atoms with Crippen LogP contribution in [0.2, 0.25) is 0 Å². The second-order valence-corrected chi connectivity index (χ2v) is 5.32. The van der Waals surface area contributed by atoms with E-state index in [-0.39, 0.29) is 11.9 Å². The highest BCUT2D eigenvalue weighted by atomic mass is 16.5. The number of aryl methyl sites for hydroxylation is 1. The third kappa shape index (κ3) is 4.21. The molecule has 0 bridgehead atoms. The zero-order chi connectivity index (χ0) is 15.2.